The van der Waals surface area contributed by atoms with Crippen LogP contribution in [0, 0.1) is 5.82 Å². The Balaban J connectivity index is 0.00000182. The van der Waals surface area contributed by atoms with E-state index in [1.54, 1.807) is 18.5 Å². The number of H-pyrrole nitrogens is 1. The zero-order chi connectivity index (χ0) is 16.4. The van der Waals surface area contributed by atoms with Gasteiger partial charge in [-0.15, -0.1) is 12.4 Å². The Kier molecular flexibility index (Phi) is 4.95. The molecule has 0 atom stereocenters. The largest absolute Gasteiger partial charge is 0.378 e. The first-order valence-electron chi connectivity index (χ1n) is 7.67. The fourth-order valence-electron chi connectivity index (χ4n) is 2.71. The maximum absolute atomic E-state index is 13.5. The molecule has 2 aromatic carbocycles. The number of nitrogens with zero attached hydrogens (tertiary/aromatic N) is 2. The van der Waals surface area contributed by atoms with Crippen molar-refractivity contribution in [1.82, 2.24) is 15.0 Å². The average Bonchev–Trinajstić information content (AvgIpc) is 3.04. The zero-order valence-electron chi connectivity index (χ0n) is 13.2. The molecule has 0 amide bonds. The van der Waals surface area contributed by atoms with E-state index in [2.05, 4.69) is 20.3 Å². The highest BCUT2D eigenvalue weighted by Gasteiger charge is 2.09. The van der Waals surface area contributed by atoms with Crippen LogP contribution in [0.3, 0.4) is 0 Å². The number of pyridine rings is 1. The van der Waals surface area contributed by atoms with Crippen LogP contribution < -0.4 is 5.32 Å². The normalized spacial score (nSPS) is 10.4. The Labute approximate surface area is 150 Å². The molecule has 4 rings (SSSR count). The molecule has 25 heavy (non-hydrogen) atoms. The molecule has 2 N–H and O–H groups in total. The molecule has 0 spiro atoms. The van der Waals surface area contributed by atoms with Crippen molar-refractivity contribution >= 4 is 29.1 Å². The summed E-state index contributed by atoms with van der Waals surface area (Å²) in [7, 11) is 0. The molecule has 2 heterocycles. The van der Waals surface area contributed by atoms with Crippen molar-refractivity contribution in [2.24, 2.45) is 0 Å². The lowest BCUT2D eigenvalue weighted by atomic mass is 10.0. The maximum Gasteiger partial charge on any atom is 0.126 e. The summed E-state index contributed by atoms with van der Waals surface area (Å²) in [4.78, 5) is 12.0. The van der Waals surface area contributed by atoms with Crippen molar-refractivity contribution in [3.63, 3.8) is 0 Å². The topological polar surface area (TPSA) is 53.6 Å². The van der Waals surface area contributed by atoms with Gasteiger partial charge in [0.2, 0.25) is 0 Å². The first kappa shape index (κ1) is 16.9. The Morgan fingerprint density at radius 2 is 1.80 bits per heavy atom. The van der Waals surface area contributed by atoms with Crippen molar-refractivity contribution in [1.29, 1.82) is 0 Å². The summed E-state index contributed by atoms with van der Waals surface area (Å²) in [6.07, 6.45) is 3.48. The van der Waals surface area contributed by atoms with Gasteiger partial charge in [0, 0.05) is 23.6 Å². The van der Waals surface area contributed by atoms with Crippen LogP contribution in [0.15, 0.2) is 67.0 Å². The van der Waals surface area contributed by atoms with Gasteiger partial charge in [-0.2, -0.15) is 0 Å². The van der Waals surface area contributed by atoms with Gasteiger partial charge in [0.1, 0.15) is 11.6 Å². The molecule has 4 aromatic rings. The lowest BCUT2D eigenvalue weighted by Crippen LogP contribution is -2.00. The van der Waals surface area contributed by atoms with Crippen molar-refractivity contribution in [2.45, 2.75) is 6.54 Å². The fourth-order valence-corrected chi connectivity index (χ4v) is 2.71. The Hall–Kier alpha value is -2.92. The number of hydrogen-bond acceptors (Lipinski definition) is 3. The summed E-state index contributed by atoms with van der Waals surface area (Å²) in [6, 6.07) is 16.3. The second-order valence-corrected chi connectivity index (χ2v) is 5.49. The van der Waals surface area contributed by atoms with E-state index in [1.807, 2.05) is 36.4 Å². The summed E-state index contributed by atoms with van der Waals surface area (Å²) in [5.41, 5.74) is 4.49. The molecular weight excluding hydrogens is 339 g/mol. The first-order valence-corrected chi connectivity index (χ1v) is 7.67. The highest BCUT2D eigenvalue weighted by molar-refractivity contribution is 5.92. The summed E-state index contributed by atoms with van der Waals surface area (Å²) >= 11 is 0. The SMILES string of the molecule is Cl.Fc1cccc(-c2cccc3[nH]c(CNc4ccncc4)nc23)c1. The van der Waals surface area contributed by atoms with Crippen molar-refractivity contribution in [3.05, 3.63) is 78.6 Å². The van der Waals surface area contributed by atoms with E-state index in [9.17, 15) is 4.39 Å². The predicted molar refractivity (Wildman–Crippen MR) is 100 cm³/mol. The molecule has 4 nitrogen and oxygen atoms in total. The van der Waals surface area contributed by atoms with Crippen LogP contribution in [0.5, 0.6) is 0 Å². The minimum Gasteiger partial charge on any atom is -0.378 e. The van der Waals surface area contributed by atoms with Crippen molar-refractivity contribution < 1.29 is 4.39 Å². The highest BCUT2D eigenvalue weighted by atomic mass is 35.5. The summed E-state index contributed by atoms with van der Waals surface area (Å²) in [5.74, 6) is 0.574. The van der Waals surface area contributed by atoms with Gasteiger partial charge in [-0.25, -0.2) is 9.37 Å². The second kappa shape index (κ2) is 7.32. The minimum atomic E-state index is -0.250. The van der Waals surface area contributed by atoms with Gasteiger partial charge in [-0.1, -0.05) is 24.3 Å². The van der Waals surface area contributed by atoms with E-state index in [0.29, 0.717) is 6.54 Å². The van der Waals surface area contributed by atoms with Crippen LogP contribution in [0.1, 0.15) is 5.82 Å². The molecule has 0 unspecified atom stereocenters. The van der Waals surface area contributed by atoms with Gasteiger partial charge >= 0.3 is 0 Å². The first-order chi connectivity index (χ1) is 11.8. The number of rotatable bonds is 4. The number of anilines is 1. The van der Waals surface area contributed by atoms with E-state index in [4.69, 9.17) is 0 Å². The summed E-state index contributed by atoms with van der Waals surface area (Å²) in [6.45, 7) is 0.571. The zero-order valence-corrected chi connectivity index (χ0v) is 14.1. The van der Waals surface area contributed by atoms with Gasteiger partial charge in [0.05, 0.1) is 17.6 Å². The molecular formula is C19H16ClFN4. The van der Waals surface area contributed by atoms with Crippen LogP contribution in [0.2, 0.25) is 0 Å². The third-order valence-electron chi connectivity index (χ3n) is 3.84. The van der Waals surface area contributed by atoms with Crippen LogP contribution in [-0.4, -0.2) is 15.0 Å². The van der Waals surface area contributed by atoms with Gasteiger partial charge < -0.3 is 10.3 Å². The molecule has 0 fully saturated rings. The number of imidazole rings is 1. The molecule has 2 aromatic heterocycles. The fraction of sp³-hybridized carbons (Fsp3) is 0.0526. The van der Waals surface area contributed by atoms with E-state index >= 15 is 0 Å². The summed E-state index contributed by atoms with van der Waals surface area (Å²) < 4.78 is 13.5. The Morgan fingerprint density at radius 3 is 2.60 bits per heavy atom. The van der Waals surface area contributed by atoms with Crippen molar-refractivity contribution in [2.75, 3.05) is 5.32 Å². The lowest BCUT2D eigenvalue weighted by molar-refractivity contribution is 0.628. The van der Waals surface area contributed by atoms with Gasteiger partial charge in [-0.3, -0.25) is 4.98 Å². The number of nitrogens with one attached hydrogen (secondary N) is 2. The average molecular weight is 355 g/mol. The van der Waals surface area contributed by atoms with E-state index in [0.717, 1.165) is 33.7 Å². The van der Waals surface area contributed by atoms with Crippen LogP contribution in [0.4, 0.5) is 10.1 Å². The summed E-state index contributed by atoms with van der Waals surface area (Å²) in [5, 5.41) is 3.30. The van der Waals surface area contributed by atoms with Crippen LogP contribution in [0.25, 0.3) is 22.2 Å². The molecule has 0 aliphatic rings. The monoisotopic (exact) mass is 354 g/mol. The van der Waals surface area contributed by atoms with Crippen LogP contribution in [-0.2, 0) is 6.54 Å². The molecule has 0 radical (unpaired) electrons. The molecule has 0 bridgehead atoms. The Morgan fingerprint density at radius 1 is 1.00 bits per heavy atom. The molecule has 6 heteroatoms. The van der Waals surface area contributed by atoms with E-state index in [1.165, 1.54) is 12.1 Å². The molecule has 0 aliphatic heterocycles. The standard InChI is InChI=1S/C19H15FN4.ClH/c20-14-4-1-3-13(11-14)16-5-2-6-17-19(16)24-18(23-17)12-22-15-7-9-21-10-8-15;/h1-11H,12H2,(H,21,22)(H,23,24);1H. The number of benzene rings is 2. The van der Waals surface area contributed by atoms with Gasteiger partial charge in [0.15, 0.2) is 0 Å². The van der Waals surface area contributed by atoms with Crippen LogP contribution >= 0.6 is 12.4 Å². The number of para-hydroxylation sites is 1. The molecule has 0 saturated carbocycles. The molecule has 0 saturated heterocycles. The second-order valence-electron chi connectivity index (χ2n) is 5.49. The molecule has 126 valence electrons. The smallest absolute Gasteiger partial charge is 0.126 e. The predicted octanol–water partition coefficient (Wildman–Crippen LogP) is 4.80. The van der Waals surface area contributed by atoms with E-state index < -0.39 is 0 Å². The number of aromatic amines is 1. The number of fused-ring (bicyclic) bond motifs is 1. The Bertz CT molecular complexity index is 985. The third-order valence-corrected chi connectivity index (χ3v) is 3.84. The number of hydrogen-bond donors (Lipinski definition) is 2. The number of aromatic nitrogens is 3. The quantitative estimate of drug-likeness (QED) is 0.553. The lowest BCUT2D eigenvalue weighted by Gasteiger charge is -2.03. The maximum atomic E-state index is 13.5. The van der Waals surface area contributed by atoms with E-state index in [-0.39, 0.29) is 18.2 Å². The highest BCUT2D eigenvalue weighted by Crippen LogP contribution is 2.27. The number of halogens is 2. The van der Waals surface area contributed by atoms with Gasteiger partial charge in [0.25, 0.3) is 0 Å². The van der Waals surface area contributed by atoms with Crippen molar-refractivity contribution in [3.8, 4) is 11.1 Å². The van der Waals surface area contributed by atoms with Gasteiger partial charge in [-0.05, 0) is 35.9 Å². The molecule has 0 aliphatic carbocycles. The minimum absolute atomic E-state index is 0. The third kappa shape index (κ3) is 3.61.